The van der Waals surface area contributed by atoms with Crippen LogP contribution in [0.5, 0.6) is 0 Å². The van der Waals surface area contributed by atoms with E-state index in [1.807, 2.05) is 6.07 Å². The van der Waals surface area contributed by atoms with Gasteiger partial charge < -0.3 is 10.1 Å². The number of carbonyl (C=O) groups is 1. The van der Waals surface area contributed by atoms with Crippen LogP contribution in [-0.4, -0.2) is 24.6 Å². The number of carbonyl (C=O) groups excluding carboxylic acids is 1. The third kappa shape index (κ3) is 4.15. The van der Waals surface area contributed by atoms with Crippen molar-refractivity contribution in [2.45, 2.75) is 13.0 Å². The molecule has 0 unspecified atom stereocenters. The Morgan fingerprint density at radius 2 is 2.32 bits per heavy atom. The largest absolute Gasteiger partial charge is 0.465 e. The lowest BCUT2D eigenvalue weighted by Crippen LogP contribution is -2.17. The molecule has 100 valence electrons. The Kier molecular flexibility index (Phi) is 5.06. The van der Waals surface area contributed by atoms with Crippen molar-refractivity contribution in [3.05, 3.63) is 52.0 Å². The monoisotopic (exact) mass is 276 g/mol. The molecular formula is C14H16N2O2S. The topological polar surface area (TPSA) is 51.2 Å². The van der Waals surface area contributed by atoms with Gasteiger partial charge in [0.15, 0.2) is 0 Å². The van der Waals surface area contributed by atoms with E-state index < -0.39 is 0 Å². The first-order valence-electron chi connectivity index (χ1n) is 6.06. The summed E-state index contributed by atoms with van der Waals surface area (Å²) in [5, 5.41) is 5.42. The highest BCUT2D eigenvalue weighted by Crippen LogP contribution is 2.08. The highest BCUT2D eigenvalue weighted by atomic mass is 32.1. The zero-order valence-corrected chi connectivity index (χ0v) is 11.6. The van der Waals surface area contributed by atoms with Gasteiger partial charge in [-0.15, -0.1) is 11.3 Å². The minimum atomic E-state index is -0.357. The number of nitrogens with zero attached hydrogens (tertiary/aromatic N) is 1. The van der Waals surface area contributed by atoms with Crippen LogP contribution in [-0.2, 0) is 17.7 Å². The van der Waals surface area contributed by atoms with Gasteiger partial charge in [-0.05, 0) is 30.0 Å². The highest BCUT2D eigenvalue weighted by Gasteiger charge is 2.05. The molecule has 0 bridgehead atoms. The Labute approximate surface area is 116 Å². The number of methoxy groups -OCH3 is 1. The number of rotatable bonds is 6. The van der Waals surface area contributed by atoms with Crippen molar-refractivity contribution in [1.29, 1.82) is 0 Å². The van der Waals surface area contributed by atoms with Gasteiger partial charge in [-0.3, -0.25) is 4.98 Å². The lowest BCUT2D eigenvalue weighted by Gasteiger charge is -2.04. The van der Waals surface area contributed by atoms with Crippen LogP contribution in [0.15, 0.2) is 35.8 Å². The molecule has 0 aliphatic carbocycles. The molecular weight excluding hydrogens is 260 g/mol. The maximum Gasteiger partial charge on any atom is 0.339 e. The van der Waals surface area contributed by atoms with Crippen LogP contribution >= 0.6 is 11.3 Å². The maximum atomic E-state index is 11.2. The van der Waals surface area contributed by atoms with Crippen molar-refractivity contribution >= 4 is 17.3 Å². The zero-order chi connectivity index (χ0) is 13.5. The summed E-state index contributed by atoms with van der Waals surface area (Å²) in [6, 6.07) is 7.77. The molecule has 0 aromatic carbocycles. The number of hydrogen-bond acceptors (Lipinski definition) is 5. The molecule has 0 amide bonds. The summed E-state index contributed by atoms with van der Waals surface area (Å²) in [5.74, 6) is -0.357. The van der Waals surface area contributed by atoms with Crippen LogP contribution in [0.25, 0.3) is 0 Å². The molecule has 0 aliphatic heterocycles. The summed E-state index contributed by atoms with van der Waals surface area (Å²) in [7, 11) is 1.36. The molecule has 2 aromatic heterocycles. The zero-order valence-electron chi connectivity index (χ0n) is 10.8. The van der Waals surface area contributed by atoms with Gasteiger partial charge in [-0.25, -0.2) is 4.79 Å². The number of esters is 1. The molecule has 2 rings (SSSR count). The Hall–Kier alpha value is -1.72. The van der Waals surface area contributed by atoms with E-state index in [4.69, 9.17) is 0 Å². The van der Waals surface area contributed by atoms with Gasteiger partial charge >= 0.3 is 5.97 Å². The molecule has 4 nitrogen and oxygen atoms in total. The second-order valence-electron chi connectivity index (χ2n) is 4.04. The van der Waals surface area contributed by atoms with E-state index in [2.05, 4.69) is 32.6 Å². The van der Waals surface area contributed by atoms with Gasteiger partial charge in [0.05, 0.1) is 18.4 Å². The molecule has 0 saturated carbocycles. The Morgan fingerprint density at radius 3 is 2.95 bits per heavy atom. The highest BCUT2D eigenvalue weighted by molar-refractivity contribution is 7.09. The summed E-state index contributed by atoms with van der Waals surface area (Å²) < 4.78 is 4.62. The van der Waals surface area contributed by atoms with Crippen LogP contribution in [0.4, 0.5) is 0 Å². The van der Waals surface area contributed by atoms with Crippen LogP contribution in [0.2, 0.25) is 0 Å². The average molecular weight is 276 g/mol. The molecule has 0 spiro atoms. The quantitative estimate of drug-likeness (QED) is 0.649. The number of thiophene rings is 1. The fraction of sp³-hybridized carbons (Fsp3) is 0.286. The standard InChI is InChI=1S/C14H16N2O2S/c1-18-14(17)11-4-5-12(16-9-11)10-15-7-6-13-3-2-8-19-13/h2-5,8-9,15H,6-7,10H2,1H3. The lowest BCUT2D eigenvalue weighted by atomic mass is 10.2. The van der Waals surface area contributed by atoms with E-state index in [1.165, 1.54) is 12.0 Å². The third-order valence-electron chi connectivity index (χ3n) is 2.68. The van der Waals surface area contributed by atoms with Gasteiger partial charge in [0.2, 0.25) is 0 Å². The molecule has 19 heavy (non-hydrogen) atoms. The lowest BCUT2D eigenvalue weighted by molar-refractivity contribution is 0.0600. The predicted molar refractivity (Wildman–Crippen MR) is 75.3 cm³/mol. The summed E-state index contributed by atoms with van der Waals surface area (Å²) in [5.41, 5.74) is 1.39. The molecule has 5 heteroatoms. The first-order chi connectivity index (χ1) is 9.29. The molecule has 1 N–H and O–H groups in total. The number of pyridine rings is 1. The second-order valence-corrected chi connectivity index (χ2v) is 5.07. The van der Waals surface area contributed by atoms with Gasteiger partial charge in [0.1, 0.15) is 0 Å². The van der Waals surface area contributed by atoms with Crippen molar-refractivity contribution in [2.75, 3.05) is 13.7 Å². The average Bonchev–Trinajstić information content (AvgIpc) is 2.96. The van der Waals surface area contributed by atoms with E-state index in [1.54, 1.807) is 23.6 Å². The summed E-state index contributed by atoms with van der Waals surface area (Å²) in [6.07, 6.45) is 2.57. The normalized spacial score (nSPS) is 10.4. The van der Waals surface area contributed by atoms with Crippen LogP contribution < -0.4 is 5.32 Å². The Morgan fingerprint density at radius 1 is 1.42 bits per heavy atom. The van der Waals surface area contributed by atoms with E-state index in [0.717, 1.165) is 18.7 Å². The number of hydrogen-bond donors (Lipinski definition) is 1. The molecule has 0 atom stereocenters. The molecule has 0 fully saturated rings. The van der Waals surface area contributed by atoms with E-state index in [-0.39, 0.29) is 5.97 Å². The SMILES string of the molecule is COC(=O)c1ccc(CNCCc2cccs2)nc1. The smallest absolute Gasteiger partial charge is 0.339 e. The summed E-state index contributed by atoms with van der Waals surface area (Å²) in [6.45, 7) is 1.62. The summed E-state index contributed by atoms with van der Waals surface area (Å²) in [4.78, 5) is 16.8. The van der Waals surface area contributed by atoms with Crippen molar-refractivity contribution in [3.8, 4) is 0 Å². The van der Waals surface area contributed by atoms with Crippen LogP contribution in [0, 0.1) is 0 Å². The van der Waals surface area contributed by atoms with E-state index in [0.29, 0.717) is 12.1 Å². The first-order valence-corrected chi connectivity index (χ1v) is 6.94. The van der Waals surface area contributed by atoms with Crippen LogP contribution in [0.3, 0.4) is 0 Å². The number of aromatic nitrogens is 1. The Balaban J connectivity index is 1.75. The van der Waals surface area contributed by atoms with Gasteiger partial charge in [0, 0.05) is 24.2 Å². The fourth-order valence-electron chi connectivity index (χ4n) is 1.65. The molecule has 2 heterocycles. The molecule has 0 saturated heterocycles. The molecule has 0 radical (unpaired) electrons. The number of ether oxygens (including phenoxy) is 1. The van der Waals surface area contributed by atoms with Gasteiger partial charge in [0.25, 0.3) is 0 Å². The second kappa shape index (κ2) is 7.01. The minimum absolute atomic E-state index is 0.357. The van der Waals surface area contributed by atoms with Crippen LogP contribution in [0.1, 0.15) is 20.9 Å². The van der Waals surface area contributed by atoms with Crippen molar-refractivity contribution in [1.82, 2.24) is 10.3 Å². The summed E-state index contributed by atoms with van der Waals surface area (Å²) >= 11 is 1.77. The molecule has 2 aromatic rings. The maximum absolute atomic E-state index is 11.2. The van der Waals surface area contributed by atoms with Gasteiger partial charge in [-0.2, -0.15) is 0 Å². The third-order valence-corrected chi connectivity index (χ3v) is 3.62. The van der Waals surface area contributed by atoms with E-state index in [9.17, 15) is 4.79 Å². The van der Waals surface area contributed by atoms with E-state index >= 15 is 0 Å². The van der Waals surface area contributed by atoms with Crippen molar-refractivity contribution in [3.63, 3.8) is 0 Å². The van der Waals surface area contributed by atoms with Crippen molar-refractivity contribution in [2.24, 2.45) is 0 Å². The fourth-order valence-corrected chi connectivity index (χ4v) is 2.36. The van der Waals surface area contributed by atoms with Crippen molar-refractivity contribution < 1.29 is 9.53 Å². The van der Waals surface area contributed by atoms with Gasteiger partial charge in [-0.1, -0.05) is 6.07 Å². The molecule has 0 aliphatic rings. The predicted octanol–water partition coefficient (Wildman–Crippen LogP) is 2.26. The first kappa shape index (κ1) is 13.7. The minimum Gasteiger partial charge on any atom is -0.465 e. The Bertz CT molecular complexity index is 509. The number of nitrogens with one attached hydrogen (secondary N) is 1.